The van der Waals surface area contributed by atoms with Gasteiger partial charge in [-0.15, -0.1) is 0 Å². The Morgan fingerprint density at radius 3 is 1.06 bits per heavy atom. The second kappa shape index (κ2) is 48.8. The summed E-state index contributed by atoms with van der Waals surface area (Å²) in [5.74, 6) is -0.153. The molecule has 2 aliphatic rings. The fourth-order valence-corrected chi connectivity index (χ4v) is 5.03. The second-order valence-corrected chi connectivity index (χ2v) is 24.1. The van der Waals surface area contributed by atoms with Gasteiger partial charge in [-0.2, -0.15) is 0 Å². The molecule has 0 aliphatic heterocycles. The van der Waals surface area contributed by atoms with Crippen molar-refractivity contribution >= 4 is 18.4 Å². The van der Waals surface area contributed by atoms with E-state index in [-0.39, 0.29) is 72.7 Å². The molecule has 409 valence electrons. The summed E-state index contributed by atoms with van der Waals surface area (Å²) >= 11 is 0. The van der Waals surface area contributed by atoms with Gasteiger partial charge in [0.25, 0.3) is 5.92 Å². The Hall–Kier alpha value is 0.183. The van der Waals surface area contributed by atoms with E-state index in [1.807, 2.05) is 27.7 Å². The Morgan fingerprint density at radius 1 is 0.621 bits per heavy atom. The molecule has 0 aromatic carbocycles. The average molecular weight is 1140 g/mol. The molecule has 2 aliphatic carbocycles. The summed E-state index contributed by atoms with van der Waals surface area (Å²) in [6.45, 7) is 54.4. The first-order valence-corrected chi connectivity index (χ1v) is 25.3. The van der Waals surface area contributed by atoms with Crippen LogP contribution >= 0.6 is 0 Å². The molecule has 2 rings (SSSR count). The van der Waals surface area contributed by atoms with E-state index >= 15 is 0 Å². The minimum atomic E-state index is -3.04. The zero-order valence-corrected chi connectivity index (χ0v) is 51.3. The van der Waals surface area contributed by atoms with Crippen LogP contribution in [0, 0.1) is 55.3 Å². The fourth-order valence-electron chi connectivity index (χ4n) is 3.49. The van der Waals surface area contributed by atoms with Gasteiger partial charge in [-0.25, -0.2) is 21.9 Å². The molecule has 2 atom stereocenters. The molecule has 0 amide bonds. The Morgan fingerprint density at radius 2 is 0.894 bits per heavy atom. The maximum absolute atomic E-state index is 12.9. The normalized spacial score (nSPS) is 15.8. The molecule has 5 nitrogen and oxygen atoms in total. The summed E-state index contributed by atoms with van der Waals surface area (Å²) < 4.78 is 62.4. The minimum absolute atomic E-state index is 0. The van der Waals surface area contributed by atoms with Gasteiger partial charge in [-0.1, -0.05) is 179 Å². The summed E-state index contributed by atoms with van der Waals surface area (Å²) in [4.78, 5) is 0. The molecule has 0 saturated heterocycles. The van der Waals surface area contributed by atoms with Crippen molar-refractivity contribution in [3.8, 4) is 0 Å². The van der Waals surface area contributed by atoms with Gasteiger partial charge in [0.1, 0.15) is 0 Å². The number of halogens is 2. The number of rotatable bonds is 14. The maximum Gasteiger partial charge on any atom is 2.00 e. The van der Waals surface area contributed by atoms with Gasteiger partial charge in [0.05, 0.1) is 29.2 Å². The van der Waals surface area contributed by atoms with E-state index in [2.05, 4.69) is 136 Å². The number of sulfonamides is 1. The first-order chi connectivity index (χ1) is 26.4. The van der Waals surface area contributed by atoms with Gasteiger partial charge in [-0.05, 0) is 128 Å². The molecule has 10 heteroatoms. The summed E-state index contributed by atoms with van der Waals surface area (Å²) in [7, 11) is -3.04. The summed E-state index contributed by atoms with van der Waals surface area (Å²) in [6.07, 6.45) is 13.7. The Balaban J connectivity index is -0.0000000522. The van der Waals surface area contributed by atoms with Crippen molar-refractivity contribution in [2.45, 2.75) is 301 Å². The van der Waals surface area contributed by atoms with Gasteiger partial charge in [0.15, 0.2) is 0 Å². The number of ether oxygens (including phenoxy) is 2. The van der Waals surface area contributed by atoms with Gasteiger partial charge >= 0.3 is 21.1 Å². The molecule has 3 radical (unpaired) electrons. The summed E-state index contributed by atoms with van der Waals surface area (Å²) in [5.41, 5.74) is 0.875. The summed E-state index contributed by atoms with van der Waals surface area (Å²) in [6, 6.07) is 0.0115. The number of hydrogen-bond acceptors (Lipinski definition) is 4. The predicted octanol–water partition coefficient (Wildman–Crippen LogP) is 19.2. The SMILES string of the molecule is C.C.C.CC(C)(C)C(C)(C)C.CC(C)C/C=C/C(F)(F)C(C)C.CC(C)NS(=O)(=O)C1(C)CC1.CC(C)O[C@@H]1CCC[C@H]1OC(C)C.CCC(C)C.CCC(C)C.CCC(C)C.[B].[CH3-].[CH3-].[W+2]. The number of alkyl halides is 2. The zero-order chi connectivity index (χ0) is 48.2. The average Bonchev–Trinajstić information content (AvgIpc) is 3.69. The maximum atomic E-state index is 12.9. The van der Waals surface area contributed by atoms with Crippen molar-refractivity contribution < 1.29 is 47.7 Å². The minimum Gasteiger partial charge on any atom is -0.373 e. The van der Waals surface area contributed by atoms with Crippen LogP contribution in [-0.2, 0) is 40.6 Å². The van der Waals surface area contributed by atoms with Crippen LogP contribution < -0.4 is 4.72 Å². The van der Waals surface area contributed by atoms with E-state index < -0.39 is 26.6 Å². The molecule has 1 N–H and O–H groups in total. The second-order valence-electron chi connectivity index (χ2n) is 21.9. The van der Waals surface area contributed by atoms with Crippen LogP contribution in [0.15, 0.2) is 12.2 Å². The Bertz CT molecular complexity index is 1050. The smallest absolute Gasteiger partial charge is 0.373 e. The summed E-state index contributed by atoms with van der Waals surface area (Å²) in [5, 5.41) is 0. The van der Waals surface area contributed by atoms with Crippen molar-refractivity contribution in [3.05, 3.63) is 27.0 Å². The number of allylic oxidation sites excluding steroid dienone is 2. The van der Waals surface area contributed by atoms with Crippen molar-refractivity contribution in [2.24, 2.45) is 40.4 Å². The third kappa shape index (κ3) is 60.3. The van der Waals surface area contributed by atoms with Crippen molar-refractivity contribution in [2.75, 3.05) is 0 Å². The number of hydrogen-bond donors (Lipinski definition) is 1. The molecule has 0 unspecified atom stereocenters. The molecule has 0 bridgehead atoms. The van der Waals surface area contributed by atoms with Crippen LogP contribution in [0.2, 0.25) is 0 Å². The van der Waals surface area contributed by atoms with Crippen LogP contribution in [0.5, 0.6) is 0 Å². The fraction of sp³-hybridized carbons (Fsp3) is 0.929. The Labute approximate surface area is 437 Å². The molecule has 0 spiro atoms. The molecular formula is C56H127BF2NO4SW. The zero-order valence-electron chi connectivity index (χ0n) is 47.6. The van der Waals surface area contributed by atoms with Crippen molar-refractivity contribution in [1.82, 2.24) is 4.72 Å². The predicted molar refractivity (Wildman–Crippen MR) is 300 cm³/mol. The standard InChI is InChI=1S/C11H22O2.C10H18F2.C8H18.C7H15NO2S.3C5H12.3CH4.2CH3.B.W/c1-8(2)12-10-6-5-7-11(10)13-9(3)4;1-8(2)6-5-7-10(11,12)9(3)4;1-7(2,3)8(4,5)6;1-6(2)8-11(9,10)7(3)4-5-7;3*1-4-5(2)3;;;;;;;/h8-11H,5-7H2,1-4H3;5,7-9H,6H2,1-4H3;1-6H3;6,8H,4-5H2,1-3H3;3*5H,4H2,1-3H3;3*1H4;2*1H3;;/q;;;;;;;;;;2*-1;;+2/b;7-5+;;;;;;;;;;;;/t10-,11-;;;;;;;;;;;;;/m1............./s1. The molecule has 0 heterocycles. The van der Waals surface area contributed by atoms with Gasteiger partial charge in [0, 0.05) is 20.4 Å². The van der Waals surface area contributed by atoms with Gasteiger partial charge in [0.2, 0.25) is 10.0 Å². The molecule has 66 heavy (non-hydrogen) atoms. The van der Waals surface area contributed by atoms with E-state index in [1.54, 1.807) is 13.0 Å². The van der Waals surface area contributed by atoms with Gasteiger partial charge < -0.3 is 24.3 Å². The first kappa shape index (κ1) is 95.8. The van der Waals surface area contributed by atoms with E-state index in [4.69, 9.17) is 9.47 Å². The third-order valence-corrected chi connectivity index (χ3v) is 13.2. The largest absolute Gasteiger partial charge is 2.00 e. The molecule has 0 aromatic heterocycles. The van der Waals surface area contributed by atoms with Crippen LogP contribution in [-0.4, -0.2) is 58.0 Å². The molecular weight excluding hydrogens is 1020 g/mol. The molecule has 0 aromatic rings. The van der Waals surface area contributed by atoms with Crippen LogP contribution in [0.1, 0.15) is 260 Å². The monoisotopic (exact) mass is 1140 g/mol. The van der Waals surface area contributed by atoms with E-state index in [9.17, 15) is 17.2 Å². The molecule has 2 fully saturated rings. The third-order valence-electron chi connectivity index (χ3n) is 10.7. The van der Waals surface area contributed by atoms with E-state index in [0.717, 1.165) is 55.9 Å². The first-order valence-electron chi connectivity index (χ1n) is 23.8. The van der Waals surface area contributed by atoms with E-state index in [0.29, 0.717) is 41.2 Å². The molecule has 2 saturated carbocycles. The van der Waals surface area contributed by atoms with Crippen molar-refractivity contribution in [1.29, 1.82) is 0 Å². The number of nitrogens with one attached hydrogen (secondary N) is 1. The quantitative estimate of drug-likeness (QED) is 0.107. The van der Waals surface area contributed by atoms with Crippen LogP contribution in [0.4, 0.5) is 8.78 Å². The van der Waals surface area contributed by atoms with Gasteiger partial charge in [-0.3, -0.25) is 0 Å². The Kier molecular flexibility index (Phi) is 70.8. The van der Waals surface area contributed by atoms with Crippen LogP contribution in [0.25, 0.3) is 0 Å². The topological polar surface area (TPSA) is 64.6 Å². The van der Waals surface area contributed by atoms with Crippen LogP contribution in [0.3, 0.4) is 0 Å². The van der Waals surface area contributed by atoms with E-state index in [1.165, 1.54) is 39.5 Å². The van der Waals surface area contributed by atoms with Crippen molar-refractivity contribution in [3.63, 3.8) is 0 Å².